The number of rotatable bonds is 14. The Kier molecular flexibility index (Phi) is 12.5. The van der Waals surface area contributed by atoms with E-state index in [1.54, 1.807) is 0 Å². The average Bonchev–Trinajstić information content (AvgIpc) is 2.67. The van der Waals surface area contributed by atoms with Crippen molar-refractivity contribution < 1.29 is 0 Å². The van der Waals surface area contributed by atoms with Crippen molar-refractivity contribution in [3.63, 3.8) is 0 Å². The zero-order valence-corrected chi connectivity index (χ0v) is 17.2. The fourth-order valence-electron chi connectivity index (χ4n) is 3.59. The van der Waals surface area contributed by atoms with E-state index in [0.29, 0.717) is 0 Å². The molecule has 0 spiro atoms. The molecular formula is C26H38. The highest BCUT2D eigenvalue weighted by Crippen LogP contribution is 2.22. The SMILES string of the molecule is C#Cc1cc(CCCCCCCC)c(CCCCCCCC)cc1C#C. The Balaban J connectivity index is 2.63. The van der Waals surface area contributed by atoms with Crippen LogP contribution in [0.5, 0.6) is 0 Å². The molecule has 1 aromatic carbocycles. The molecule has 0 bridgehead atoms. The van der Waals surface area contributed by atoms with E-state index in [9.17, 15) is 0 Å². The van der Waals surface area contributed by atoms with E-state index in [0.717, 1.165) is 24.0 Å². The van der Waals surface area contributed by atoms with Crippen molar-refractivity contribution in [2.75, 3.05) is 0 Å². The Labute approximate surface area is 163 Å². The number of benzene rings is 1. The van der Waals surface area contributed by atoms with E-state index in [2.05, 4.69) is 37.8 Å². The molecule has 0 N–H and O–H groups in total. The fourth-order valence-corrected chi connectivity index (χ4v) is 3.59. The predicted octanol–water partition coefficient (Wildman–Crippen LogP) is 7.46. The van der Waals surface area contributed by atoms with Gasteiger partial charge < -0.3 is 0 Å². The Morgan fingerprint density at radius 1 is 0.577 bits per heavy atom. The van der Waals surface area contributed by atoms with E-state index < -0.39 is 0 Å². The van der Waals surface area contributed by atoms with E-state index in [1.807, 2.05) is 0 Å². The first-order valence-electron chi connectivity index (χ1n) is 10.9. The van der Waals surface area contributed by atoms with Crippen LogP contribution in [0.1, 0.15) is 113 Å². The predicted molar refractivity (Wildman–Crippen MR) is 116 cm³/mol. The molecule has 0 fully saturated rings. The summed E-state index contributed by atoms with van der Waals surface area (Å²) in [6.45, 7) is 4.53. The molecule has 0 aliphatic carbocycles. The van der Waals surface area contributed by atoms with Gasteiger partial charge in [0.1, 0.15) is 0 Å². The zero-order chi connectivity index (χ0) is 19.0. The number of unbranched alkanes of at least 4 members (excludes halogenated alkanes) is 10. The average molecular weight is 351 g/mol. The Morgan fingerprint density at radius 2 is 0.923 bits per heavy atom. The van der Waals surface area contributed by atoms with Gasteiger partial charge in [-0.15, -0.1) is 12.8 Å². The van der Waals surface area contributed by atoms with Gasteiger partial charge in [0.25, 0.3) is 0 Å². The number of terminal acetylenes is 2. The Morgan fingerprint density at radius 3 is 1.27 bits per heavy atom. The summed E-state index contributed by atoms with van der Waals surface area (Å²) in [5.74, 6) is 5.56. The molecule has 0 saturated carbocycles. The molecule has 0 heterocycles. The smallest absolute Gasteiger partial charge is 0.0402 e. The fraction of sp³-hybridized carbons (Fsp3) is 0.615. The van der Waals surface area contributed by atoms with Crippen LogP contribution in [-0.2, 0) is 12.8 Å². The second kappa shape index (κ2) is 14.5. The maximum Gasteiger partial charge on any atom is 0.0402 e. The Hall–Kier alpha value is -1.66. The first-order chi connectivity index (χ1) is 12.8. The van der Waals surface area contributed by atoms with Gasteiger partial charge in [-0.2, -0.15) is 0 Å². The van der Waals surface area contributed by atoms with Crippen molar-refractivity contribution in [2.45, 2.75) is 104 Å². The van der Waals surface area contributed by atoms with Gasteiger partial charge in [0.15, 0.2) is 0 Å². The van der Waals surface area contributed by atoms with Crippen molar-refractivity contribution in [3.05, 3.63) is 34.4 Å². The summed E-state index contributed by atoms with van der Waals surface area (Å²) in [5, 5.41) is 0. The monoisotopic (exact) mass is 350 g/mol. The van der Waals surface area contributed by atoms with E-state index in [1.165, 1.54) is 88.2 Å². The van der Waals surface area contributed by atoms with Crippen molar-refractivity contribution in [3.8, 4) is 24.7 Å². The summed E-state index contributed by atoms with van der Waals surface area (Å²) in [7, 11) is 0. The van der Waals surface area contributed by atoms with Gasteiger partial charge in [-0.1, -0.05) is 89.9 Å². The molecule has 26 heavy (non-hydrogen) atoms. The van der Waals surface area contributed by atoms with Crippen molar-refractivity contribution in [2.24, 2.45) is 0 Å². The minimum Gasteiger partial charge on any atom is -0.115 e. The highest BCUT2D eigenvalue weighted by molar-refractivity contribution is 5.53. The first-order valence-corrected chi connectivity index (χ1v) is 10.9. The highest BCUT2D eigenvalue weighted by atomic mass is 14.1. The second-order valence-corrected chi connectivity index (χ2v) is 7.49. The molecule has 1 rings (SSSR count). The van der Waals surface area contributed by atoms with Gasteiger partial charge in [-0.05, 0) is 48.9 Å². The number of hydrogen-bond acceptors (Lipinski definition) is 0. The molecule has 0 unspecified atom stereocenters. The van der Waals surface area contributed by atoms with Crippen LogP contribution >= 0.6 is 0 Å². The van der Waals surface area contributed by atoms with Gasteiger partial charge in [-0.3, -0.25) is 0 Å². The zero-order valence-electron chi connectivity index (χ0n) is 17.2. The van der Waals surface area contributed by atoms with Crippen LogP contribution in [0.15, 0.2) is 12.1 Å². The molecule has 0 amide bonds. The summed E-state index contributed by atoms with van der Waals surface area (Å²) < 4.78 is 0. The highest BCUT2D eigenvalue weighted by Gasteiger charge is 2.08. The van der Waals surface area contributed by atoms with Crippen molar-refractivity contribution in [1.29, 1.82) is 0 Å². The standard InChI is InChI=1S/C26H38/c1-5-9-11-13-15-17-19-25-21-23(7-3)24(8-4)22-26(25)20-18-16-14-12-10-6-2/h3-4,21-22H,5-6,9-20H2,1-2H3. The molecule has 0 aliphatic heterocycles. The summed E-state index contributed by atoms with van der Waals surface area (Å²) in [6, 6.07) is 4.38. The quantitative estimate of drug-likeness (QED) is 0.241. The maximum atomic E-state index is 5.68. The van der Waals surface area contributed by atoms with Crippen LogP contribution in [0.4, 0.5) is 0 Å². The molecule has 0 radical (unpaired) electrons. The lowest BCUT2D eigenvalue weighted by atomic mass is 9.92. The van der Waals surface area contributed by atoms with Gasteiger partial charge in [0, 0.05) is 11.1 Å². The normalized spacial score (nSPS) is 10.5. The molecule has 0 nitrogen and oxygen atoms in total. The van der Waals surface area contributed by atoms with Crippen LogP contribution in [0.3, 0.4) is 0 Å². The van der Waals surface area contributed by atoms with Gasteiger partial charge in [0.2, 0.25) is 0 Å². The van der Waals surface area contributed by atoms with E-state index in [4.69, 9.17) is 12.8 Å². The van der Waals surface area contributed by atoms with Crippen LogP contribution in [0, 0.1) is 24.7 Å². The number of hydrogen-bond donors (Lipinski definition) is 0. The van der Waals surface area contributed by atoms with Crippen LogP contribution < -0.4 is 0 Å². The first kappa shape index (κ1) is 22.4. The summed E-state index contributed by atoms with van der Waals surface area (Å²) in [5.41, 5.74) is 4.64. The molecule has 0 atom stereocenters. The maximum absolute atomic E-state index is 5.68. The van der Waals surface area contributed by atoms with Gasteiger partial charge >= 0.3 is 0 Å². The van der Waals surface area contributed by atoms with E-state index in [-0.39, 0.29) is 0 Å². The van der Waals surface area contributed by atoms with Crippen molar-refractivity contribution >= 4 is 0 Å². The molecule has 0 aliphatic rings. The lowest BCUT2D eigenvalue weighted by Gasteiger charge is -2.13. The van der Waals surface area contributed by atoms with Crippen LogP contribution in [-0.4, -0.2) is 0 Å². The molecular weight excluding hydrogens is 312 g/mol. The lowest BCUT2D eigenvalue weighted by Crippen LogP contribution is -1.99. The van der Waals surface area contributed by atoms with E-state index >= 15 is 0 Å². The molecule has 1 aromatic rings. The largest absolute Gasteiger partial charge is 0.115 e. The van der Waals surface area contributed by atoms with Crippen LogP contribution in [0.25, 0.3) is 0 Å². The molecule has 0 aromatic heterocycles. The van der Waals surface area contributed by atoms with Gasteiger partial charge in [0.05, 0.1) is 0 Å². The second-order valence-electron chi connectivity index (χ2n) is 7.49. The van der Waals surface area contributed by atoms with Crippen molar-refractivity contribution in [1.82, 2.24) is 0 Å². The van der Waals surface area contributed by atoms with Crippen LogP contribution in [0.2, 0.25) is 0 Å². The van der Waals surface area contributed by atoms with Gasteiger partial charge in [-0.25, -0.2) is 0 Å². The third-order valence-corrected chi connectivity index (χ3v) is 5.25. The minimum absolute atomic E-state index is 0.889. The molecule has 142 valence electrons. The third-order valence-electron chi connectivity index (χ3n) is 5.25. The summed E-state index contributed by atoms with van der Waals surface area (Å²) in [4.78, 5) is 0. The number of aryl methyl sites for hydroxylation is 2. The lowest BCUT2D eigenvalue weighted by molar-refractivity contribution is 0.599. The molecule has 0 saturated heterocycles. The molecule has 0 heteroatoms. The minimum atomic E-state index is 0.889. The Bertz CT molecular complexity index is 526. The topological polar surface area (TPSA) is 0 Å². The third kappa shape index (κ3) is 8.63. The summed E-state index contributed by atoms with van der Waals surface area (Å²) >= 11 is 0. The summed E-state index contributed by atoms with van der Waals surface area (Å²) in [6.07, 6.45) is 29.6.